The molecule has 0 fully saturated rings. The van der Waals surface area contributed by atoms with Gasteiger partial charge < -0.3 is 16.0 Å². The zero-order chi connectivity index (χ0) is 20.2. The molecule has 0 saturated carbocycles. The third-order valence-electron chi connectivity index (χ3n) is 3.76. The van der Waals surface area contributed by atoms with Gasteiger partial charge in [0.2, 0.25) is 5.91 Å². The van der Waals surface area contributed by atoms with Crippen molar-refractivity contribution in [2.75, 3.05) is 17.2 Å². The summed E-state index contributed by atoms with van der Waals surface area (Å²) in [6.07, 6.45) is 0. The van der Waals surface area contributed by atoms with Gasteiger partial charge in [-0.15, -0.1) is 11.3 Å². The van der Waals surface area contributed by atoms with E-state index >= 15 is 0 Å². The summed E-state index contributed by atoms with van der Waals surface area (Å²) in [7, 11) is 0. The Morgan fingerprint density at radius 2 is 1.74 bits per heavy atom. The fraction of sp³-hybridized carbons (Fsp3) is 0.350. The van der Waals surface area contributed by atoms with Gasteiger partial charge in [0.15, 0.2) is 0 Å². The molecule has 144 valence electrons. The second-order valence-corrected chi connectivity index (χ2v) is 8.27. The molecule has 3 amide bonds. The average molecular weight is 388 g/mol. The summed E-state index contributed by atoms with van der Waals surface area (Å²) < 4.78 is 0. The van der Waals surface area contributed by atoms with Crippen molar-refractivity contribution in [1.29, 1.82) is 0 Å². The first-order chi connectivity index (χ1) is 12.6. The van der Waals surface area contributed by atoms with Crippen molar-refractivity contribution >= 4 is 39.7 Å². The Bertz CT molecular complexity index is 866. The van der Waals surface area contributed by atoms with Crippen LogP contribution in [0, 0.1) is 12.3 Å². The quantitative estimate of drug-likeness (QED) is 0.723. The Morgan fingerprint density at radius 1 is 1.04 bits per heavy atom. The molecule has 0 aliphatic heterocycles. The topological polar surface area (TPSA) is 87.3 Å². The number of thiophene rings is 1. The Morgan fingerprint density at radius 3 is 2.37 bits per heavy atom. The first-order valence-electron chi connectivity index (χ1n) is 8.73. The highest BCUT2D eigenvalue weighted by Gasteiger charge is 2.23. The molecular formula is C20H25N3O3S. The van der Waals surface area contributed by atoms with E-state index in [4.69, 9.17) is 0 Å². The van der Waals surface area contributed by atoms with Gasteiger partial charge in [0.25, 0.3) is 11.8 Å². The predicted molar refractivity (Wildman–Crippen MR) is 110 cm³/mol. The molecule has 2 aromatic rings. The molecule has 2 rings (SSSR count). The third-order valence-corrected chi connectivity index (χ3v) is 4.91. The molecule has 3 N–H and O–H groups in total. The molecule has 1 aromatic heterocycles. The van der Waals surface area contributed by atoms with E-state index in [-0.39, 0.29) is 17.7 Å². The number of amides is 3. The lowest BCUT2D eigenvalue weighted by Crippen LogP contribution is -2.27. The fourth-order valence-corrected chi connectivity index (χ4v) is 3.22. The maximum atomic E-state index is 12.6. The molecule has 7 heteroatoms. The van der Waals surface area contributed by atoms with Crippen molar-refractivity contribution in [3.05, 3.63) is 46.3 Å². The smallest absolute Gasteiger partial charge is 0.266 e. The maximum absolute atomic E-state index is 12.6. The summed E-state index contributed by atoms with van der Waals surface area (Å²) in [5.41, 5.74) is 1.29. The van der Waals surface area contributed by atoms with E-state index in [0.717, 1.165) is 5.56 Å². The minimum atomic E-state index is -0.514. The fourth-order valence-electron chi connectivity index (χ4n) is 2.26. The highest BCUT2D eigenvalue weighted by atomic mass is 32.1. The number of carbonyl (C=O) groups is 3. The van der Waals surface area contributed by atoms with Gasteiger partial charge in [-0.3, -0.25) is 14.4 Å². The van der Waals surface area contributed by atoms with Crippen LogP contribution in [0.25, 0.3) is 0 Å². The number of anilines is 2. The minimum Gasteiger partial charge on any atom is -0.352 e. The lowest BCUT2D eigenvalue weighted by molar-refractivity contribution is -0.123. The normalized spacial score (nSPS) is 11.0. The number of hydrogen-bond acceptors (Lipinski definition) is 4. The maximum Gasteiger partial charge on any atom is 0.266 e. The second kappa shape index (κ2) is 8.35. The number of carbonyl (C=O) groups excluding carboxylic acids is 3. The number of aryl methyl sites for hydroxylation is 1. The largest absolute Gasteiger partial charge is 0.352 e. The average Bonchev–Trinajstić information content (AvgIpc) is 2.95. The van der Waals surface area contributed by atoms with Gasteiger partial charge in [-0.2, -0.15) is 0 Å². The van der Waals surface area contributed by atoms with Gasteiger partial charge in [-0.25, -0.2) is 0 Å². The van der Waals surface area contributed by atoms with E-state index in [0.29, 0.717) is 27.7 Å². The first kappa shape index (κ1) is 20.6. The van der Waals surface area contributed by atoms with Gasteiger partial charge >= 0.3 is 0 Å². The zero-order valence-electron chi connectivity index (χ0n) is 16.2. The molecule has 1 aromatic carbocycles. The Hall–Kier alpha value is -2.67. The van der Waals surface area contributed by atoms with Crippen molar-refractivity contribution < 1.29 is 14.4 Å². The molecule has 0 aliphatic rings. The number of benzene rings is 1. The first-order valence-corrected chi connectivity index (χ1v) is 9.55. The lowest BCUT2D eigenvalue weighted by Gasteiger charge is -2.16. The Kier molecular flexibility index (Phi) is 6.38. The predicted octanol–water partition coefficient (Wildman–Crippen LogP) is 4.04. The molecule has 0 bridgehead atoms. The van der Waals surface area contributed by atoms with Crippen LogP contribution >= 0.6 is 11.3 Å². The van der Waals surface area contributed by atoms with Crippen molar-refractivity contribution in [3.8, 4) is 0 Å². The summed E-state index contributed by atoms with van der Waals surface area (Å²) in [6, 6.07) is 8.56. The standard InChI is InChI=1S/C20H25N3O3S/c1-6-21-17(24)13-8-7-9-14(11-13)22-18(25)16-12(2)10-15(27-16)23-19(26)20(3,4)5/h7-11H,6H2,1-5H3,(H,21,24)(H,22,25)(H,23,26). The number of rotatable bonds is 5. The van der Waals surface area contributed by atoms with Crippen LogP contribution < -0.4 is 16.0 Å². The van der Waals surface area contributed by atoms with E-state index in [9.17, 15) is 14.4 Å². The molecule has 0 radical (unpaired) electrons. The molecule has 0 atom stereocenters. The van der Waals surface area contributed by atoms with Crippen LogP contribution in [0.1, 0.15) is 53.3 Å². The third kappa shape index (κ3) is 5.40. The molecule has 6 nitrogen and oxygen atoms in total. The van der Waals surface area contributed by atoms with Gasteiger partial charge in [-0.05, 0) is 43.7 Å². The van der Waals surface area contributed by atoms with Crippen LogP contribution in [-0.2, 0) is 4.79 Å². The minimum absolute atomic E-state index is 0.106. The summed E-state index contributed by atoms with van der Waals surface area (Å²) in [5.74, 6) is -0.569. The number of nitrogens with one attached hydrogen (secondary N) is 3. The SMILES string of the molecule is CCNC(=O)c1cccc(NC(=O)c2sc(NC(=O)C(C)(C)C)cc2C)c1. The molecule has 0 spiro atoms. The zero-order valence-corrected chi connectivity index (χ0v) is 17.0. The molecular weight excluding hydrogens is 362 g/mol. The van der Waals surface area contributed by atoms with Crippen molar-refractivity contribution in [1.82, 2.24) is 5.32 Å². The lowest BCUT2D eigenvalue weighted by atomic mass is 9.96. The van der Waals surface area contributed by atoms with Crippen LogP contribution in [0.5, 0.6) is 0 Å². The van der Waals surface area contributed by atoms with Crippen LogP contribution in [-0.4, -0.2) is 24.3 Å². The van der Waals surface area contributed by atoms with Crippen LogP contribution in [0.4, 0.5) is 10.7 Å². The van der Waals surface area contributed by atoms with E-state index in [1.807, 2.05) is 34.6 Å². The van der Waals surface area contributed by atoms with Gasteiger partial charge in [0.1, 0.15) is 0 Å². The molecule has 0 saturated heterocycles. The van der Waals surface area contributed by atoms with E-state index in [2.05, 4.69) is 16.0 Å². The van der Waals surface area contributed by atoms with Crippen molar-refractivity contribution in [3.63, 3.8) is 0 Å². The van der Waals surface area contributed by atoms with Gasteiger partial charge in [0.05, 0.1) is 9.88 Å². The summed E-state index contributed by atoms with van der Waals surface area (Å²) in [6.45, 7) is 9.70. The summed E-state index contributed by atoms with van der Waals surface area (Å²) in [4.78, 5) is 37.2. The van der Waals surface area contributed by atoms with Crippen molar-refractivity contribution in [2.45, 2.75) is 34.6 Å². The van der Waals surface area contributed by atoms with Crippen LogP contribution in [0.15, 0.2) is 30.3 Å². The Balaban J connectivity index is 2.14. The molecule has 0 aliphatic carbocycles. The van der Waals surface area contributed by atoms with Crippen LogP contribution in [0.3, 0.4) is 0 Å². The highest BCUT2D eigenvalue weighted by molar-refractivity contribution is 7.18. The summed E-state index contributed by atoms with van der Waals surface area (Å²) >= 11 is 1.23. The second-order valence-electron chi connectivity index (χ2n) is 7.22. The summed E-state index contributed by atoms with van der Waals surface area (Å²) in [5, 5.41) is 9.02. The molecule has 1 heterocycles. The molecule has 0 unspecified atom stereocenters. The van der Waals surface area contributed by atoms with Crippen LogP contribution in [0.2, 0.25) is 0 Å². The van der Waals surface area contributed by atoms with E-state index < -0.39 is 5.41 Å². The van der Waals surface area contributed by atoms with E-state index in [1.165, 1.54) is 11.3 Å². The van der Waals surface area contributed by atoms with Gasteiger partial charge in [-0.1, -0.05) is 26.8 Å². The van der Waals surface area contributed by atoms with Gasteiger partial charge in [0, 0.05) is 23.2 Å². The highest BCUT2D eigenvalue weighted by Crippen LogP contribution is 2.29. The van der Waals surface area contributed by atoms with Crippen molar-refractivity contribution in [2.24, 2.45) is 5.41 Å². The molecule has 27 heavy (non-hydrogen) atoms. The Labute approximate surface area is 163 Å². The van der Waals surface area contributed by atoms with E-state index in [1.54, 1.807) is 30.3 Å². The monoisotopic (exact) mass is 387 g/mol. The number of hydrogen-bond donors (Lipinski definition) is 3.